The fourth-order valence-corrected chi connectivity index (χ4v) is 4.55. The van der Waals surface area contributed by atoms with Crippen molar-refractivity contribution in [2.45, 2.75) is 31.7 Å². The van der Waals surface area contributed by atoms with Crippen LogP contribution in [0.5, 0.6) is 0 Å². The Balaban J connectivity index is 1.51. The number of ether oxygens (including phenoxy) is 1. The van der Waals surface area contributed by atoms with E-state index in [9.17, 15) is 23.2 Å². The Labute approximate surface area is 181 Å². The third kappa shape index (κ3) is 2.65. The highest BCUT2D eigenvalue weighted by molar-refractivity contribution is 6.15. The van der Waals surface area contributed by atoms with Gasteiger partial charge in [-0.2, -0.15) is 8.78 Å². The van der Waals surface area contributed by atoms with Gasteiger partial charge in [-0.3, -0.25) is 19.1 Å². The summed E-state index contributed by atoms with van der Waals surface area (Å²) in [5.74, 6) is -1.76. The van der Waals surface area contributed by atoms with E-state index < -0.39 is 30.7 Å². The molecular formula is C22H18F2N4O4. The molecule has 2 aliphatic heterocycles. The number of fused-ring (bicyclic) bond motifs is 4. The predicted octanol–water partition coefficient (Wildman–Crippen LogP) is 3.08. The smallest absolute Gasteiger partial charge is 0.354 e. The number of alkyl halides is 2. The number of aromatic nitrogens is 2. The van der Waals surface area contributed by atoms with Gasteiger partial charge in [0.1, 0.15) is 6.61 Å². The molecule has 0 radical (unpaired) electrons. The lowest BCUT2D eigenvalue weighted by atomic mass is 9.97. The Hall–Kier alpha value is -3.82. The molecule has 0 aliphatic carbocycles. The number of carbonyl (C=O) groups is 3. The Morgan fingerprint density at radius 3 is 2.66 bits per heavy atom. The molecule has 1 fully saturated rings. The molecule has 3 heterocycles. The van der Waals surface area contributed by atoms with Crippen molar-refractivity contribution in [3.05, 3.63) is 59.9 Å². The molecule has 1 aromatic heterocycles. The lowest BCUT2D eigenvalue weighted by Gasteiger charge is -2.46. The molecule has 2 aliphatic rings. The maximum atomic E-state index is 13.7. The van der Waals surface area contributed by atoms with E-state index in [2.05, 4.69) is 4.98 Å². The van der Waals surface area contributed by atoms with Crippen molar-refractivity contribution in [1.82, 2.24) is 14.5 Å². The average Bonchev–Trinajstić information content (AvgIpc) is 3.34. The van der Waals surface area contributed by atoms with E-state index in [0.717, 1.165) is 0 Å². The quantitative estimate of drug-likeness (QED) is 0.582. The van der Waals surface area contributed by atoms with Gasteiger partial charge in [0.25, 0.3) is 5.91 Å². The normalized spacial score (nSPS) is 20.1. The Bertz CT molecular complexity index is 1270. The summed E-state index contributed by atoms with van der Waals surface area (Å²) < 4.78 is 33.5. The minimum absolute atomic E-state index is 0.0342. The first-order valence-electron chi connectivity index (χ1n) is 9.97. The average molecular weight is 440 g/mol. The zero-order valence-electron chi connectivity index (χ0n) is 17.0. The number of halogens is 2. The number of nitrogens with zero attached hydrogens (tertiary/aromatic N) is 4. The van der Waals surface area contributed by atoms with Crippen LogP contribution in [-0.4, -0.2) is 44.9 Å². The molecule has 0 spiro atoms. The van der Waals surface area contributed by atoms with Gasteiger partial charge in [0.15, 0.2) is 5.82 Å². The molecule has 1 unspecified atom stereocenters. The molecule has 32 heavy (non-hydrogen) atoms. The summed E-state index contributed by atoms with van der Waals surface area (Å²) in [6.45, 7) is -3.42. The molecule has 1 atom stereocenters. The topological polar surface area (TPSA) is 84.7 Å². The molecule has 2 amide bonds. The van der Waals surface area contributed by atoms with Gasteiger partial charge in [-0.15, -0.1) is 0 Å². The highest BCUT2D eigenvalue weighted by Crippen LogP contribution is 2.44. The molecule has 10 heteroatoms. The third-order valence-electron chi connectivity index (χ3n) is 6.06. The second-order valence-corrected chi connectivity index (χ2v) is 7.67. The SMILES string of the molecule is CN1C(=O)c2ccccc2N2C(=O)CCC12C(=O)OCc1nc2ccccc2n1C(F)F. The van der Waals surface area contributed by atoms with Gasteiger partial charge in [-0.1, -0.05) is 24.3 Å². The van der Waals surface area contributed by atoms with Crippen LogP contribution < -0.4 is 4.90 Å². The molecule has 3 aromatic rings. The van der Waals surface area contributed by atoms with Gasteiger partial charge in [0, 0.05) is 19.9 Å². The molecular weight excluding hydrogens is 422 g/mol. The van der Waals surface area contributed by atoms with Crippen LogP contribution in [0.1, 0.15) is 35.6 Å². The monoisotopic (exact) mass is 440 g/mol. The van der Waals surface area contributed by atoms with Gasteiger partial charge >= 0.3 is 12.5 Å². The summed E-state index contributed by atoms with van der Waals surface area (Å²) in [6.07, 6.45) is 0.0725. The number of rotatable bonds is 4. The Kier molecular flexibility index (Phi) is 4.47. The largest absolute Gasteiger partial charge is 0.454 e. The number of esters is 1. The van der Waals surface area contributed by atoms with Gasteiger partial charge in [0.2, 0.25) is 11.6 Å². The van der Waals surface area contributed by atoms with Crippen LogP contribution in [0.4, 0.5) is 14.5 Å². The highest BCUT2D eigenvalue weighted by atomic mass is 19.3. The van der Waals surface area contributed by atoms with Crippen molar-refractivity contribution in [2.24, 2.45) is 0 Å². The molecule has 1 saturated heterocycles. The van der Waals surface area contributed by atoms with Crippen LogP contribution in [0.15, 0.2) is 48.5 Å². The van der Waals surface area contributed by atoms with E-state index in [1.165, 1.54) is 22.9 Å². The van der Waals surface area contributed by atoms with E-state index in [0.29, 0.717) is 21.3 Å². The maximum Gasteiger partial charge on any atom is 0.354 e. The first-order chi connectivity index (χ1) is 15.4. The standard InChI is InChI=1S/C22H18F2N4O4/c1-26-19(30)13-6-2-4-8-15(13)28-18(29)10-11-22(26,28)20(31)32-12-17-25-14-7-3-5-9-16(14)27(17)21(23)24/h2-9,21H,10-12H2,1H3. The maximum absolute atomic E-state index is 13.7. The molecule has 8 nitrogen and oxygen atoms in total. The van der Waals surface area contributed by atoms with E-state index in [1.807, 2.05) is 0 Å². The van der Waals surface area contributed by atoms with Crippen LogP contribution in [0.2, 0.25) is 0 Å². The molecule has 164 valence electrons. The number of likely N-dealkylation sites (N-methyl/N-ethyl adjacent to an activating group) is 1. The minimum Gasteiger partial charge on any atom is -0.454 e. The minimum atomic E-state index is -2.88. The number of amides is 2. The summed E-state index contributed by atoms with van der Waals surface area (Å²) in [6, 6.07) is 12.9. The fourth-order valence-electron chi connectivity index (χ4n) is 4.55. The van der Waals surface area contributed by atoms with E-state index in [1.54, 1.807) is 42.5 Å². The number of para-hydroxylation sites is 3. The Morgan fingerprint density at radius 1 is 1.16 bits per heavy atom. The second-order valence-electron chi connectivity index (χ2n) is 7.67. The van der Waals surface area contributed by atoms with Crippen LogP contribution in [0.25, 0.3) is 11.0 Å². The summed E-state index contributed by atoms with van der Waals surface area (Å²) in [5.41, 5.74) is -0.496. The lowest BCUT2D eigenvalue weighted by molar-refractivity contribution is -0.158. The summed E-state index contributed by atoms with van der Waals surface area (Å²) in [5, 5.41) is 0. The number of carbonyl (C=O) groups excluding carboxylic acids is 3. The van der Waals surface area contributed by atoms with Gasteiger partial charge in [-0.05, 0) is 24.3 Å². The summed E-state index contributed by atoms with van der Waals surface area (Å²) in [4.78, 5) is 45.7. The molecule has 0 saturated carbocycles. The number of benzene rings is 2. The first kappa shape index (κ1) is 20.1. The van der Waals surface area contributed by atoms with Crippen LogP contribution >= 0.6 is 0 Å². The van der Waals surface area contributed by atoms with Crippen LogP contribution in [0.3, 0.4) is 0 Å². The Morgan fingerprint density at radius 2 is 1.88 bits per heavy atom. The lowest BCUT2D eigenvalue weighted by Crippen LogP contribution is -2.67. The molecule has 5 rings (SSSR count). The number of hydrogen-bond acceptors (Lipinski definition) is 5. The van der Waals surface area contributed by atoms with E-state index in [4.69, 9.17) is 4.74 Å². The van der Waals surface area contributed by atoms with E-state index in [-0.39, 0.29) is 30.1 Å². The van der Waals surface area contributed by atoms with Crippen molar-refractivity contribution >= 4 is 34.5 Å². The molecule has 0 bridgehead atoms. The molecule has 0 N–H and O–H groups in total. The zero-order valence-corrected chi connectivity index (χ0v) is 17.0. The van der Waals surface area contributed by atoms with Crippen molar-refractivity contribution in [2.75, 3.05) is 11.9 Å². The first-order valence-corrected chi connectivity index (χ1v) is 9.97. The van der Waals surface area contributed by atoms with Crippen LogP contribution in [0, 0.1) is 0 Å². The predicted molar refractivity (Wildman–Crippen MR) is 109 cm³/mol. The van der Waals surface area contributed by atoms with Crippen molar-refractivity contribution in [1.29, 1.82) is 0 Å². The summed E-state index contributed by atoms with van der Waals surface area (Å²) in [7, 11) is 1.43. The summed E-state index contributed by atoms with van der Waals surface area (Å²) >= 11 is 0. The number of imidazole rings is 1. The second kappa shape index (κ2) is 7.11. The van der Waals surface area contributed by atoms with Gasteiger partial charge < -0.3 is 9.64 Å². The number of anilines is 1. The van der Waals surface area contributed by atoms with Crippen molar-refractivity contribution in [3.63, 3.8) is 0 Å². The highest BCUT2D eigenvalue weighted by Gasteiger charge is 2.60. The van der Waals surface area contributed by atoms with Crippen LogP contribution in [-0.2, 0) is 20.9 Å². The van der Waals surface area contributed by atoms with Crippen molar-refractivity contribution < 1.29 is 27.9 Å². The van der Waals surface area contributed by atoms with Crippen molar-refractivity contribution in [3.8, 4) is 0 Å². The fraction of sp³-hybridized carbons (Fsp3) is 0.273. The van der Waals surface area contributed by atoms with Gasteiger partial charge in [0.05, 0.1) is 22.3 Å². The van der Waals surface area contributed by atoms with Gasteiger partial charge in [-0.25, -0.2) is 9.78 Å². The number of hydrogen-bond donors (Lipinski definition) is 0. The third-order valence-corrected chi connectivity index (χ3v) is 6.06. The zero-order chi connectivity index (χ0) is 22.6. The van der Waals surface area contributed by atoms with E-state index >= 15 is 0 Å². The molecule has 2 aromatic carbocycles.